The van der Waals surface area contributed by atoms with Gasteiger partial charge in [-0.15, -0.1) is 0 Å². The molecular weight excluding hydrogens is 242 g/mol. The summed E-state index contributed by atoms with van der Waals surface area (Å²) < 4.78 is 4.99. The van der Waals surface area contributed by atoms with Gasteiger partial charge in [-0.05, 0) is 51.3 Å². The largest absolute Gasteiger partial charge is 0.504 e. The Hall–Kier alpha value is -1.71. The number of nitrogens with zero attached hydrogens (tertiary/aromatic N) is 1. The topological polar surface area (TPSA) is 49.8 Å². The molecule has 19 heavy (non-hydrogen) atoms. The van der Waals surface area contributed by atoms with Crippen molar-refractivity contribution >= 4 is 5.91 Å². The monoisotopic (exact) mass is 263 g/mol. The molecule has 1 aromatic carbocycles. The van der Waals surface area contributed by atoms with Crippen LogP contribution in [0.4, 0.5) is 0 Å². The van der Waals surface area contributed by atoms with E-state index in [-0.39, 0.29) is 23.7 Å². The van der Waals surface area contributed by atoms with Crippen molar-refractivity contribution in [3.05, 3.63) is 23.8 Å². The van der Waals surface area contributed by atoms with Crippen molar-refractivity contribution in [1.82, 2.24) is 4.90 Å². The zero-order chi connectivity index (χ0) is 14.0. The highest BCUT2D eigenvalue weighted by Gasteiger charge is 2.29. The van der Waals surface area contributed by atoms with E-state index in [4.69, 9.17) is 4.74 Å². The van der Waals surface area contributed by atoms with Crippen molar-refractivity contribution in [3.63, 3.8) is 0 Å². The lowest BCUT2D eigenvalue weighted by Gasteiger charge is -2.39. The van der Waals surface area contributed by atoms with Crippen molar-refractivity contribution in [3.8, 4) is 11.5 Å². The van der Waals surface area contributed by atoms with Crippen LogP contribution in [0.2, 0.25) is 0 Å². The number of aromatic hydroxyl groups is 1. The van der Waals surface area contributed by atoms with Crippen LogP contribution in [0.3, 0.4) is 0 Å². The molecule has 1 heterocycles. The minimum absolute atomic E-state index is 0.00525. The number of methoxy groups -OCH3 is 1. The van der Waals surface area contributed by atoms with Gasteiger partial charge in [-0.2, -0.15) is 0 Å². The first-order chi connectivity index (χ1) is 9.04. The molecule has 2 atom stereocenters. The van der Waals surface area contributed by atoms with Gasteiger partial charge in [0.1, 0.15) is 0 Å². The van der Waals surface area contributed by atoms with E-state index in [1.165, 1.54) is 19.6 Å². The van der Waals surface area contributed by atoms with Crippen LogP contribution in [0.15, 0.2) is 18.2 Å². The Morgan fingerprint density at radius 2 is 1.95 bits per heavy atom. The van der Waals surface area contributed by atoms with Gasteiger partial charge in [-0.1, -0.05) is 0 Å². The van der Waals surface area contributed by atoms with E-state index in [1.807, 2.05) is 4.90 Å². The number of ether oxygens (including phenoxy) is 1. The number of benzene rings is 1. The zero-order valence-corrected chi connectivity index (χ0v) is 11.7. The lowest BCUT2D eigenvalue weighted by molar-refractivity contribution is 0.0510. The molecule has 0 aromatic heterocycles. The third-order valence-electron chi connectivity index (χ3n) is 3.85. The number of phenolic OH excluding ortho intramolecular Hbond substituents is 1. The zero-order valence-electron chi connectivity index (χ0n) is 11.7. The van der Waals surface area contributed by atoms with Gasteiger partial charge in [-0.25, -0.2) is 0 Å². The van der Waals surface area contributed by atoms with Crippen molar-refractivity contribution in [2.24, 2.45) is 0 Å². The van der Waals surface area contributed by atoms with E-state index in [0.29, 0.717) is 11.3 Å². The summed E-state index contributed by atoms with van der Waals surface area (Å²) >= 11 is 0. The Balaban J connectivity index is 2.25. The van der Waals surface area contributed by atoms with Gasteiger partial charge >= 0.3 is 0 Å². The highest BCUT2D eigenvalue weighted by molar-refractivity contribution is 5.95. The van der Waals surface area contributed by atoms with E-state index < -0.39 is 0 Å². The Morgan fingerprint density at radius 1 is 1.32 bits per heavy atom. The van der Waals surface area contributed by atoms with Gasteiger partial charge in [0.25, 0.3) is 5.91 Å². The fourth-order valence-corrected chi connectivity index (χ4v) is 2.79. The van der Waals surface area contributed by atoms with Gasteiger partial charge in [0.15, 0.2) is 11.5 Å². The third kappa shape index (κ3) is 2.67. The minimum atomic E-state index is -0.0161. The molecule has 104 valence electrons. The number of hydrogen-bond donors (Lipinski definition) is 1. The smallest absolute Gasteiger partial charge is 0.254 e. The Bertz CT molecular complexity index is 462. The molecule has 0 radical (unpaired) electrons. The van der Waals surface area contributed by atoms with Crippen molar-refractivity contribution in [1.29, 1.82) is 0 Å². The summed E-state index contributed by atoms with van der Waals surface area (Å²) in [6.45, 7) is 4.16. The van der Waals surface area contributed by atoms with Crippen LogP contribution in [0.5, 0.6) is 11.5 Å². The SMILES string of the molecule is COc1ccc(C(=O)N2[C@H](C)CCC[C@@H]2C)cc1O. The number of piperidine rings is 1. The molecule has 0 spiro atoms. The van der Waals surface area contributed by atoms with E-state index in [1.54, 1.807) is 12.1 Å². The Kier molecular flexibility index (Phi) is 3.98. The highest BCUT2D eigenvalue weighted by atomic mass is 16.5. The van der Waals surface area contributed by atoms with E-state index in [2.05, 4.69) is 13.8 Å². The van der Waals surface area contributed by atoms with E-state index in [0.717, 1.165) is 12.8 Å². The average molecular weight is 263 g/mol. The van der Waals surface area contributed by atoms with Gasteiger partial charge < -0.3 is 14.7 Å². The van der Waals surface area contributed by atoms with Crippen LogP contribution < -0.4 is 4.74 Å². The molecule has 1 aromatic rings. The molecular formula is C15H21NO3. The van der Waals surface area contributed by atoms with Crippen LogP contribution >= 0.6 is 0 Å². The molecule has 0 aliphatic carbocycles. The first kappa shape index (κ1) is 13.7. The standard InChI is InChI=1S/C15H21NO3/c1-10-5-4-6-11(2)16(10)15(18)12-7-8-14(19-3)13(17)9-12/h7-11,17H,4-6H2,1-3H3/t10-,11+. The number of phenols is 1. The maximum atomic E-state index is 12.5. The van der Waals surface area contributed by atoms with Crippen molar-refractivity contribution in [2.45, 2.75) is 45.2 Å². The molecule has 1 aliphatic heterocycles. The maximum absolute atomic E-state index is 12.5. The van der Waals surface area contributed by atoms with Crippen LogP contribution in [-0.4, -0.2) is 35.1 Å². The summed E-state index contributed by atoms with van der Waals surface area (Å²) in [6.07, 6.45) is 3.25. The number of likely N-dealkylation sites (tertiary alicyclic amines) is 1. The molecule has 2 rings (SSSR count). The number of carbonyl (C=O) groups is 1. The molecule has 1 fully saturated rings. The lowest BCUT2D eigenvalue weighted by atomic mass is 9.96. The Labute approximate surface area is 114 Å². The van der Waals surface area contributed by atoms with Gasteiger partial charge in [0.2, 0.25) is 0 Å². The summed E-state index contributed by atoms with van der Waals surface area (Å²) in [5.41, 5.74) is 0.513. The summed E-state index contributed by atoms with van der Waals surface area (Å²) in [4.78, 5) is 14.5. The minimum Gasteiger partial charge on any atom is -0.504 e. The number of amides is 1. The van der Waals surface area contributed by atoms with Crippen LogP contribution in [0.25, 0.3) is 0 Å². The van der Waals surface area contributed by atoms with Crippen LogP contribution in [0, 0.1) is 0 Å². The molecule has 1 N–H and O–H groups in total. The number of hydrogen-bond acceptors (Lipinski definition) is 3. The second-order valence-electron chi connectivity index (χ2n) is 5.23. The first-order valence-electron chi connectivity index (χ1n) is 6.74. The summed E-state index contributed by atoms with van der Waals surface area (Å²) in [5.74, 6) is 0.375. The predicted molar refractivity (Wildman–Crippen MR) is 73.6 cm³/mol. The molecule has 0 unspecified atom stereocenters. The maximum Gasteiger partial charge on any atom is 0.254 e. The number of carbonyl (C=O) groups excluding carboxylic acids is 1. The average Bonchev–Trinajstić information content (AvgIpc) is 2.38. The van der Waals surface area contributed by atoms with E-state index in [9.17, 15) is 9.90 Å². The molecule has 1 aliphatic rings. The molecule has 0 bridgehead atoms. The molecule has 4 heteroatoms. The summed E-state index contributed by atoms with van der Waals surface area (Å²) in [5, 5.41) is 9.77. The van der Waals surface area contributed by atoms with Gasteiger partial charge in [0, 0.05) is 17.6 Å². The third-order valence-corrected chi connectivity index (χ3v) is 3.85. The highest BCUT2D eigenvalue weighted by Crippen LogP contribution is 2.29. The summed E-state index contributed by atoms with van der Waals surface area (Å²) in [7, 11) is 1.49. The van der Waals surface area contributed by atoms with Crippen molar-refractivity contribution < 1.29 is 14.6 Å². The second kappa shape index (κ2) is 5.51. The quantitative estimate of drug-likeness (QED) is 0.892. The number of rotatable bonds is 2. The van der Waals surface area contributed by atoms with Crippen LogP contribution in [-0.2, 0) is 0 Å². The second-order valence-corrected chi connectivity index (χ2v) is 5.23. The predicted octanol–water partition coefficient (Wildman–Crippen LogP) is 2.80. The molecule has 4 nitrogen and oxygen atoms in total. The lowest BCUT2D eigenvalue weighted by Crippen LogP contribution is -2.47. The first-order valence-corrected chi connectivity index (χ1v) is 6.74. The van der Waals surface area contributed by atoms with Crippen molar-refractivity contribution in [2.75, 3.05) is 7.11 Å². The van der Waals surface area contributed by atoms with E-state index >= 15 is 0 Å². The molecule has 1 saturated heterocycles. The fourth-order valence-electron chi connectivity index (χ4n) is 2.79. The molecule has 1 amide bonds. The van der Waals surface area contributed by atoms with Crippen LogP contribution in [0.1, 0.15) is 43.5 Å². The van der Waals surface area contributed by atoms with Gasteiger partial charge in [-0.3, -0.25) is 4.79 Å². The normalized spacial score (nSPS) is 23.2. The Morgan fingerprint density at radius 3 is 2.47 bits per heavy atom. The summed E-state index contributed by atoms with van der Waals surface area (Å²) in [6, 6.07) is 5.31. The fraction of sp³-hybridized carbons (Fsp3) is 0.533. The van der Waals surface area contributed by atoms with Gasteiger partial charge in [0.05, 0.1) is 7.11 Å². The molecule has 0 saturated carbocycles.